The molecule has 8 heteroatoms. The Bertz CT molecular complexity index is 714. The Morgan fingerprint density at radius 3 is 2.41 bits per heavy atom. The van der Waals surface area contributed by atoms with Gasteiger partial charge in [0, 0.05) is 44.4 Å². The third kappa shape index (κ3) is 9.83. The van der Waals surface area contributed by atoms with Crippen molar-refractivity contribution in [2.75, 3.05) is 26.7 Å². The number of halogens is 1. The zero-order valence-electron chi connectivity index (χ0n) is 21.1. The number of nitrogens with one attached hydrogen (secondary N) is 1. The van der Waals surface area contributed by atoms with Gasteiger partial charge in [0.1, 0.15) is 17.1 Å². The summed E-state index contributed by atoms with van der Waals surface area (Å²) in [6.45, 7) is 14.9. The van der Waals surface area contributed by atoms with Gasteiger partial charge in [-0.2, -0.15) is 10.2 Å². The molecule has 1 rings (SSSR count). The average Bonchev–Trinajstić information content (AvgIpc) is 2.69. The number of amides is 1. The molecule has 1 aliphatic rings. The predicted molar refractivity (Wildman–Crippen MR) is 131 cm³/mol. The molecule has 0 saturated carbocycles. The summed E-state index contributed by atoms with van der Waals surface area (Å²) in [5.74, 6) is -0.350. The number of nitrogens with zero attached hydrogens (tertiary/aromatic N) is 4. The molecule has 32 heavy (non-hydrogen) atoms. The maximum Gasteiger partial charge on any atom is 0.410 e. The first-order valence-corrected chi connectivity index (χ1v) is 11.4. The zero-order valence-corrected chi connectivity index (χ0v) is 21.1. The maximum atomic E-state index is 14.7. The van der Waals surface area contributed by atoms with Gasteiger partial charge in [0.15, 0.2) is 0 Å². The first-order chi connectivity index (χ1) is 14.9. The first-order valence-electron chi connectivity index (χ1n) is 11.4. The third-order valence-electron chi connectivity index (χ3n) is 4.97. The van der Waals surface area contributed by atoms with Gasteiger partial charge in [-0.3, -0.25) is 5.01 Å². The molecule has 0 aromatic rings. The number of likely N-dealkylation sites (tertiary alicyclic amines) is 1. The third-order valence-corrected chi connectivity index (χ3v) is 4.97. The number of hydrogen-bond donors (Lipinski definition) is 1. The molecule has 0 bridgehead atoms. The molecule has 1 heterocycles. The van der Waals surface area contributed by atoms with Crippen LogP contribution in [0, 0.1) is 5.41 Å². The molecule has 182 valence electrons. The Morgan fingerprint density at radius 1 is 1.25 bits per heavy atom. The van der Waals surface area contributed by atoms with E-state index in [2.05, 4.69) is 22.6 Å². The fraction of sp³-hybridized carbons (Fsp3) is 0.708. The number of rotatable bonds is 9. The second-order valence-corrected chi connectivity index (χ2v) is 9.77. The van der Waals surface area contributed by atoms with Gasteiger partial charge in [-0.1, -0.05) is 26.8 Å². The van der Waals surface area contributed by atoms with E-state index in [1.807, 2.05) is 53.8 Å². The number of carbonyl (C=O) groups excluding carboxylic acids is 1. The van der Waals surface area contributed by atoms with Crippen LogP contribution in [0.15, 0.2) is 34.3 Å². The molecule has 0 spiro atoms. The van der Waals surface area contributed by atoms with Gasteiger partial charge in [0.2, 0.25) is 0 Å². The number of carbonyl (C=O) groups is 1. The second kappa shape index (κ2) is 12.6. The smallest absolute Gasteiger partial charge is 0.410 e. The highest BCUT2D eigenvalue weighted by Gasteiger charge is 2.31. The van der Waals surface area contributed by atoms with E-state index in [0.717, 1.165) is 19.3 Å². The SMILES string of the molecule is C/C=C(F)\C(=N\NC1CCN(C(=O)OC(C)(C)C)CC1)C(C)(C)CN(C)/N=C/C=C\CC. The van der Waals surface area contributed by atoms with Crippen molar-refractivity contribution in [2.24, 2.45) is 15.6 Å². The van der Waals surface area contributed by atoms with Gasteiger partial charge in [-0.25, -0.2) is 9.18 Å². The standard InChI is InChI=1S/C24H42FN5O2/c1-9-11-12-15-26-29(8)18-24(6,7)21(20(25)10-2)28-27-19-13-16-30(17-14-19)22(31)32-23(3,4)5/h10-12,15,19,27H,9,13-14,16-18H2,1-8H3/b12-11-,20-10+,26-15+,28-21-. The molecule has 0 aliphatic carbocycles. The van der Waals surface area contributed by atoms with E-state index < -0.39 is 11.0 Å². The van der Waals surface area contributed by atoms with Crippen molar-refractivity contribution < 1.29 is 13.9 Å². The Kier molecular flexibility index (Phi) is 10.9. The van der Waals surface area contributed by atoms with Gasteiger partial charge in [-0.15, -0.1) is 0 Å². The van der Waals surface area contributed by atoms with Crippen LogP contribution < -0.4 is 5.43 Å². The summed E-state index contributed by atoms with van der Waals surface area (Å²) in [6, 6.07) is 0.0686. The summed E-state index contributed by atoms with van der Waals surface area (Å²) < 4.78 is 20.2. The highest BCUT2D eigenvalue weighted by molar-refractivity contribution is 6.02. The van der Waals surface area contributed by atoms with Crippen molar-refractivity contribution in [3.05, 3.63) is 24.1 Å². The lowest BCUT2D eigenvalue weighted by Crippen LogP contribution is -2.46. The largest absolute Gasteiger partial charge is 0.444 e. The summed E-state index contributed by atoms with van der Waals surface area (Å²) >= 11 is 0. The van der Waals surface area contributed by atoms with Gasteiger partial charge in [0.05, 0.1) is 0 Å². The lowest BCUT2D eigenvalue weighted by Gasteiger charge is -2.34. The van der Waals surface area contributed by atoms with E-state index in [9.17, 15) is 9.18 Å². The Labute approximate surface area is 193 Å². The van der Waals surface area contributed by atoms with Crippen LogP contribution in [-0.4, -0.2) is 66.3 Å². The summed E-state index contributed by atoms with van der Waals surface area (Å²) in [5, 5.41) is 10.6. The van der Waals surface area contributed by atoms with Crippen LogP contribution >= 0.6 is 0 Å². The summed E-state index contributed by atoms with van der Waals surface area (Å²) in [7, 11) is 1.86. The summed E-state index contributed by atoms with van der Waals surface area (Å²) in [6.07, 6.45) is 9.19. The monoisotopic (exact) mass is 451 g/mol. The van der Waals surface area contributed by atoms with Crippen LogP contribution in [0.2, 0.25) is 0 Å². The molecule has 0 aromatic carbocycles. The minimum Gasteiger partial charge on any atom is -0.444 e. The number of hydrogen-bond acceptors (Lipinski definition) is 6. The van der Waals surface area contributed by atoms with Gasteiger partial charge >= 0.3 is 6.09 Å². The minimum atomic E-state index is -0.568. The molecular weight excluding hydrogens is 409 g/mol. The highest BCUT2D eigenvalue weighted by atomic mass is 19.1. The molecule has 1 saturated heterocycles. The number of piperidine rings is 1. The fourth-order valence-corrected chi connectivity index (χ4v) is 3.38. The predicted octanol–water partition coefficient (Wildman–Crippen LogP) is 5.11. The van der Waals surface area contributed by atoms with Crippen LogP contribution in [0.25, 0.3) is 0 Å². The average molecular weight is 452 g/mol. The molecular formula is C24H42FN5O2. The number of allylic oxidation sites excluding steroid dienone is 4. The van der Waals surface area contributed by atoms with E-state index in [4.69, 9.17) is 4.74 Å². The molecule has 0 atom stereocenters. The molecule has 0 aromatic heterocycles. The van der Waals surface area contributed by atoms with Crippen molar-refractivity contribution in [1.29, 1.82) is 0 Å². The summed E-state index contributed by atoms with van der Waals surface area (Å²) in [5.41, 5.74) is 2.43. The quantitative estimate of drug-likeness (QED) is 0.390. The molecule has 1 aliphatic heterocycles. The van der Waals surface area contributed by atoms with Crippen molar-refractivity contribution in [3.8, 4) is 0 Å². The van der Waals surface area contributed by atoms with Crippen LogP contribution in [0.1, 0.15) is 67.7 Å². The topological polar surface area (TPSA) is 69.5 Å². The Balaban J connectivity index is 2.76. The highest BCUT2D eigenvalue weighted by Crippen LogP contribution is 2.25. The lowest BCUT2D eigenvalue weighted by atomic mass is 9.86. The van der Waals surface area contributed by atoms with Crippen molar-refractivity contribution in [2.45, 2.75) is 79.4 Å². The van der Waals surface area contributed by atoms with Gasteiger partial charge in [-0.05, 0) is 59.1 Å². The van der Waals surface area contributed by atoms with Crippen LogP contribution in [0.5, 0.6) is 0 Å². The minimum absolute atomic E-state index is 0.0686. The van der Waals surface area contributed by atoms with E-state index >= 15 is 0 Å². The zero-order chi connectivity index (χ0) is 24.4. The first kappa shape index (κ1) is 27.7. The molecule has 0 unspecified atom stereocenters. The van der Waals surface area contributed by atoms with E-state index in [0.29, 0.717) is 25.3 Å². The van der Waals surface area contributed by atoms with Gasteiger partial charge in [0.25, 0.3) is 0 Å². The molecule has 1 N–H and O–H groups in total. The van der Waals surface area contributed by atoms with E-state index in [1.54, 1.807) is 23.0 Å². The molecule has 7 nitrogen and oxygen atoms in total. The van der Waals surface area contributed by atoms with Crippen LogP contribution in [-0.2, 0) is 4.74 Å². The van der Waals surface area contributed by atoms with Crippen LogP contribution in [0.3, 0.4) is 0 Å². The van der Waals surface area contributed by atoms with Crippen molar-refractivity contribution >= 4 is 18.0 Å². The molecule has 1 amide bonds. The van der Waals surface area contributed by atoms with E-state index in [-0.39, 0.29) is 18.0 Å². The second-order valence-electron chi connectivity index (χ2n) is 9.77. The number of ether oxygens (including phenoxy) is 1. The Morgan fingerprint density at radius 2 is 1.88 bits per heavy atom. The maximum absolute atomic E-state index is 14.7. The fourth-order valence-electron chi connectivity index (χ4n) is 3.38. The number of hydrazone groups is 2. The Hall–Kier alpha value is -2.38. The molecule has 0 radical (unpaired) electrons. The van der Waals surface area contributed by atoms with E-state index in [1.165, 1.54) is 6.08 Å². The summed E-state index contributed by atoms with van der Waals surface area (Å²) in [4.78, 5) is 14.0. The van der Waals surface area contributed by atoms with Crippen molar-refractivity contribution in [1.82, 2.24) is 15.3 Å². The normalized spacial score (nSPS) is 17.3. The van der Waals surface area contributed by atoms with Crippen LogP contribution in [0.4, 0.5) is 9.18 Å². The lowest BCUT2D eigenvalue weighted by molar-refractivity contribution is 0.0198. The van der Waals surface area contributed by atoms with Gasteiger partial charge < -0.3 is 15.1 Å². The van der Waals surface area contributed by atoms with Crippen molar-refractivity contribution in [3.63, 3.8) is 0 Å². The molecule has 1 fully saturated rings.